The molecule has 5 N–H and O–H groups in total. The molecule has 1 fully saturated rings. The van der Waals surface area contributed by atoms with Gasteiger partial charge in [0.2, 0.25) is 11.8 Å². The molecular weight excluding hydrogens is 334 g/mol. The van der Waals surface area contributed by atoms with Crippen molar-refractivity contribution in [2.45, 2.75) is 32.6 Å². The van der Waals surface area contributed by atoms with E-state index < -0.39 is 0 Å². The average Bonchev–Trinajstić information content (AvgIpc) is 3.09. The summed E-state index contributed by atoms with van der Waals surface area (Å²) < 4.78 is 0. The van der Waals surface area contributed by atoms with Gasteiger partial charge in [-0.2, -0.15) is 0 Å². The summed E-state index contributed by atoms with van der Waals surface area (Å²) in [4.78, 5) is 23.9. The molecule has 1 saturated heterocycles. The summed E-state index contributed by atoms with van der Waals surface area (Å²) in [5.41, 5.74) is 5.20. The van der Waals surface area contributed by atoms with Crippen molar-refractivity contribution in [3.63, 3.8) is 0 Å². The lowest BCUT2D eigenvalue weighted by atomic mass is 10.2. The Balaban J connectivity index is 0.000000809. The van der Waals surface area contributed by atoms with Crippen molar-refractivity contribution in [2.75, 3.05) is 38.2 Å². The Morgan fingerprint density at radius 2 is 1.74 bits per heavy atom. The first-order chi connectivity index (χ1) is 11.0. The summed E-state index contributed by atoms with van der Waals surface area (Å²) in [5.74, 6) is 2.38. The van der Waals surface area contributed by atoms with Crippen LogP contribution < -0.4 is 16.4 Å². The van der Waals surface area contributed by atoms with Gasteiger partial charge in [0.15, 0.2) is 5.96 Å². The molecule has 0 aromatic carbocycles. The first kappa shape index (κ1) is 21.9. The lowest BCUT2D eigenvalue weighted by molar-refractivity contribution is -0.123. The van der Waals surface area contributed by atoms with Gasteiger partial charge in [-0.3, -0.25) is 15.0 Å². The highest BCUT2D eigenvalue weighted by Crippen LogP contribution is 2.29. The van der Waals surface area contributed by atoms with Crippen molar-refractivity contribution in [3.8, 4) is 0 Å². The molecule has 1 aliphatic rings. The summed E-state index contributed by atoms with van der Waals surface area (Å²) in [7, 11) is 5.55. The van der Waals surface area contributed by atoms with Crippen molar-refractivity contribution in [3.05, 3.63) is 0 Å². The molecule has 0 saturated carbocycles. The normalized spacial score (nSPS) is 12.8. The smallest absolute Gasteiger partial charge is 0.239 e. The minimum absolute atomic E-state index is 0.00644. The largest absolute Gasteiger partial charge is 0.370 e. The summed E-state index contributed by atoms with van der Waals surface area (Å²) in [6.07, 6.45) is 3.82. The third-order valence-electron chi connectivity index (χ3n) is 2.86. The Labute approximate surface area is 146 Å². The number of hydrogen-bond donors (Lipinski definition) is 4. The highest BCUT2D eigenvalue weighted by molar-refractivity contribution is 8.77. The fourth-order valence-corrected chi connectivity index (χ4v) is 3.84. The maximum atomic E-state index is 11.4. The number of carbonyl (C=O) groups is 2. The molecule has 0 aromatic heterocycles. The van der Waals surface area contributed by atoms with Crippen LogP contribution in [0.25, 0.3) is 0 Å². The van der Waals surface area contributed by atoms with Crippen molar-refractivity contribution >= 4 is 39.4 Å². The van der Waals surface area contributed by atoms with Crippen LogP contribution in [0.4, 0.5) is 0 Å². The first-order valence-corrected chi connectivity index (χ1v) is 10.3. The van der Waals surface area contributed by atoms with Gasteiger partial charge >= 0.3 is 0 Å². The molecule has 0 spiro atoms. The maximum Gasteiger partial charge on any atom is 0.239 e. The highest BCUT2D eigenvalue weighted by atomic mass is 33.1. The zero-order valence-corrected chi connectivity index (χ0v) is 15.7. The van der Waals surface area contributed by atoms with E-state index in [-0.39, 0.29) is 24.3 Å². The third-order valence-corrected chi connectivity index (χ3v) is 5.43. The monoisotopic (exact) mass is 363 g/mol. The van der Waals surface area contributed by atoms with Crippen molar-refractivity contribution < 1.29 is 9.59 Å². The second-order valence-corrected chi connectivity index (χ2v) is 7.74. The fraction of sp³-hybridized carbons (Fsp3) is 0.786. The van der Waals surface area contributed by atoms with E-state index in [4.69, 9.17) is 11.1 Å². The van der Waals surface area contributed by atoms with E-state index in [0.29, 0.717) is 19.5 Å². The Bertz CT molecular complexity index is 357. The summed E-state index contributed by atoms with van der Waals surface area (Å²) in [5, 5.41) is 12.4. The number of nitrogens with one attached hydrogen (secondary N) is 3. The van der Waals surface area contributed by atoms with Crippen molar-refractivity contribution in [1.82, 2.24) is 15.5 Å². The molecule has 0 atom stereocenters. The zero-order chi connectivity index (χ0) is 17.5. The van der Waals surface area contributed by atoms with E-state index in [9.17, 15) is 9.59 Å². The lowest BCUT2D eigenvalue weighted by Gasteiger charge is -2.15. The van der Waals surface area contributed by atoms with Gasteiger partial charge in [0.1, 0.15) is 0 Å². The van der Waals surface area contributed by atoms with E-state index in [1.165, 1.54) is 22.8 Å². The third kappa shape index (κ3) is 14.2. The van der Waals surface area contributed by atoms with Crippen LogP contribution in [0, 0.1) is 5.41 Å². The number of guanidine groups is 1. The summed E-state index contributed by atoms with van der Waals surface area (Å²) in [6.45, 7) is 2.86. The van der Waals surface area contributed by atoms with Crippen LogP contribution in [-0.2, 0) is 9.59 Å². The molecule has 1 aliphatic heterocycles. The van der Waals surface area contributed by atoms with Gasteiger partial charge in [0, 0.05) is 38.1 Å². The Morgan fingerprint density at radius 1 is 1.17 bits per heavy atom. The van der Waals surface area contributed by atoms with Gasteiger partial charge in [-0.25, -0.2) is 0 Å². The SMILES string of the molecule is C1CSSC1.CCCCC(=O)NCCNC(=O)CN(C)C(=N)N. The number of nitrogens with zero attached hydrogens (tertiary/aromatic N) is 1. The molecule has 0 radical (unpaired) electrons. The lowest BCUT2D eigenvalue weighted by Crippen LogP contribution is -2.43. The Morgan fingerprint density at radius 3 is 2.17 bits per heavy atom. The molecule has 134 valence electrons. The van der Waals surface area contributed by atoms with Gasteiger partial charge in [0.05, 0.1) is 6.54 Å². The molecule has 7 nitrogen and oxygen atoms in total. The summed E-state index contributed by atoms with van der Waals surface area (Å²) in [6, 6.07) is 0. The Kier molecular flexibility index (Phi) is 13.8. The molecule has 2 amide bonds. The minimum Gasteiger partial charge on any atom is -0.370 e. The summed E-state index contributed by atoms with van der Waals surface area (Å²) >= 11 is 0. The van der Waals surface area contributed by atoms with Gasteiger partial charge < -0.3 is 21.3 Å². The predicted octanol–water partition coefficient (Wildman–Crippen LogP) is 1.01. The number of hydrogen-bond acceptors (Lipinski definition) is 5. The number of carbonyl (C=O) groups excluding carboxylic acids is 2. The molecule has 9 heteroatoms. The first-order valence-electron chi connectivity index (χ1n) is 7.80. The van der Waals surface area contributed by atoms with E-state index in [1.807, 2.05) is 28.5 Å². The topological polar surface area (TPSA) is 111 Å². The highest BCUT2D eigenvalue weighted by Gasteiger charge is 2.06. The predicted molar refractivity (Wildman–Crippen MR) is 99.6 cm³/mol. The number of unbranched alkanes of at least 4 members (excludes halogenated alkanes) is 1. The van der Waals surface area contributed by atoms with Crippen LogP contribution in [0.1, 0.15) is 32.6 Å². The van der Waals surface area contributed by atoms with Gasteiger partial charge in [-0.1, -0.05) is 34.9 Å². The van der Waals surface area contributed by atoms with Crippen LogP contribution >= 0.6 is 21.6 Å². The molecule has 0 aliphatic carbocycles. The van der Waals surface area contributed by atoms with E-state index in [2.05, 4.69) is 10.6 Å². The van der Waals surface area contributed by atoms with Crippen LogP contribution in [-0.4, -0.2) is 60.9 Å². The number of nitrogens with two attached hydrogens (primary N) is 1. The molecule has 1 heterocycles. The Hall–Kier alpha value is -1.09. The molecular formula is C14H29N5O2S2. The van der Waals surface area contributed by atoms with Gasteiger partial charge in [-0.15, -0.1) is 0 Å². The van der Waals surface area contributed by atoms with E-state index in [1.54, 1.807) is 7.05 Å². The van der Waals surface area contributed by atoms with E-state index in [0.717, 1.165) is 12.8 Å². The molecule has 0 unspecified atom stereocenters. The van der Waals surface area contributed by atoms with E-state index >= 15 is 0 Å². The van der Waals surface area contributed by atoms with Gasteiger partial charge in [-0.05, 0) is 12.8 Å². The van der Waals surface area contributed by atoms with Crippen LogP contribution in [0.3, 0.4) is 0 Å². The molecule has 0 aromatic rings. The molecule has 23 heavy (non-hydrogen) atoms. The quantitative estimate of drug-likeness (QED) is 0.222. The minimum atomic E-state index is -0.226. The maximum absolute atomic E-state index is 11.4. The van der Waals surface area contributed by atoms with Crippen molar-refractivity contribution in [1.29, 1.82) is 5.41 Å². The number of amides is 2. The average molecular weight is 364 g/mol. The number of rotatable bonds is 8. The van der Waals surface area contributed by atoms with Crippen LogP contribution in [0.15, 0.2) is 0 Å². The second kappa shape index (κ2) is 14.5. The van der Waals surface area contributed by atoms with Crippen molar-refractivity contribution in [2.24, 2.45) is 5.73 Å². The molecule has 0 bridgehead atoms. The van der Waals surface area contributed by atoms with Crippen LogP contribution in [0.5, 0.6) is 0 Å². The standard InChI is InChI=1S/C11H23N5O2.C3H6S2/c1-3-4-5-9(17)14-6-7-15-10(18)8-16(2)11(12)13;1-2-4-5-3-1/h3-8H2,1-2H3,(H3,12,13)(H,14,17)(H,15,18);1-3H2. The van der Waals surface area contributed by atoms with Crippen LogP contribution in [0.2, 0.25) is 0 Å². The fourth-order valence-electron chi connectivity index (χ4n) is 1.48. The molecule has 1 rings (SSSR count). The number of likely N-dealkylation sites (N-methyl/N-ethyl adjacent to an activating group) is 1. The second-order valence-electron chi connectivity index (χ2n) is 5.04. The zero-order valence-electron chi connectivity index (χ0n) is 14.0. The van der Waals surface area contributed by atoms with Gasteiger partial charge in [0.25, 0.3) is 0 Å².